The Labute approximate surface area is 175 Å². The molecular formula is C24H21N5O. The first-order valence-corrected chi connectivity index (χ1v) is 9.28. The molecule has 148 valence electrons. The predicted molar refractivity (Wildman–Crippen MR) is 118 cm³/mol. The summed E-state index contributed by atoms with van der Waals surface area (Å²) < 4.78 is 0. The van der Waals surface area contributed by atoms with Crippen molar-refractivity contribution in [2.75, 3.05) is 0 Å². The summed E-state index contributed by atoms with van der Waals surface area (Å²) in [5.41, 5.74) is 10.7. The van der Waals surface area contributed by atoms with Gasteiger partial charge in [0, 0.05) is 0 Å². The van der Waals surface area contributed by atoms with Crippen molar-refractivity contribution in [1.29, 1.82) is 10.7 Å². The van der Waals surface area contributed by atoms with E-state index in [1.807, 2.05) is 36.4 Å². The van der Waals surface area contributed by atoms with E-state index in [2.05, 4.69) is 30.0 Å². The van der Waals surface area contributed by atoms with Crippen LogP contribution >= 0.6 is 0 Å². The van der Waals surface area contributed by atoms with Crippen molar-refractivity contribution in [2.24, 2.45) is 16.6 Å². The Morgan fingerprint density at radius 3 is 2.60 bits per heavy atom. The summed E-state index contributed by atoms with van der Waals surface area (Å²) in [6.07, 6.45) is 4.46. The van der Waals surface area contributed by atoms with Gasteiger partial charge in [0.05, 0.1) is 23.9 Å². The normalized spacial score (nSPS) is 20.5. The van der Waals surface area contributed by atoms with Crippen molar-refractivity contribution in [1.82, 2.24) is 4.90 Å². The molecule has 2 aromatic carbocycles. The fourth-order valence-electron chi connectivity index (χ4n) is 3.69. The van der Waals surface area contributed by atoms with Gasteiger partial charge in [-0.15, -0.1) is 12.3 Å². The Bertz CT molecular complexity index is 1140. The Morgan fingerprint density at radius 2 is 1.97 bits per heavy atom. The van der Waals surface area contributed by atoms with Crippen molar-refractivity contribution in [2.45, 2.75) is 12.0 Å². The van der Waals surface area contributed by atoms with Crippen molar-refractivity contribution >= 4 is 18.2 Å². The Morgan fingerprint density at radius 1 is 1.27 bits per heavy atom. The average Bonchev–Trinajstić information content (AvgIpc) is 2.78. The highest BCUT2D eigenvalue weighted by Crippen LogP contribution is 2.42. The van der Waals surface area contributed by atoms with Gasteiger partial charge in [-0.1, -0.05) is 43.0 Å². The minimum Gasteiger partial charge on any atom is -0.369 e. The zero-order chi connectivity index (χ0) is 21.7. The van der Waals surface area contributed by atoms with E-state index in [-0.39, 0.29) is 11.9 Å². The Balaban J connectivity index is 2.21. The van der Waals surface area contributed by atoms with E-state index in [0.29, 0.717) is 12.0 Å². The molecule has 2 atom stereocenters. The molecule has 0 bridgehead atoms. The van der Waals surface area contributed by atoms with Gasteiger partial charge < -0.3 is 5.73 Å². The van der Waals surface area contributed by atoms with Gasteiger partial charge in [-0.2, -0.15) is 5.26 Å². The smallest absolute Gasteiger partial charge is 0.241 e. The highest BCUT2D eigenvalue weighted by molar-refractivity contribution is 6.09. The number of rotatable bonds is 6. The molecule has 30 heavy (non-hydrogen) atoms. The molecule has 1 heterocycles. The second-order valence-electron chi connectivity index (χ2n) is 6.81. The van der Waals surface area contributed by atoms with Gasteiger partial charge in [0.2, 0.25) is 11.9 Å². The molecule has 6 heteroatoms. The maximum absolute atomic E-state index is 13.1. The molecular weight excluding hydrogens is 374 g/mol. The Kier molecular flexibility index (Phi) is 5.78. The molecule has 1 amide bonds. The summed E-state index contributed by atoms with van der Waals surface area (Å²) in [6, 6.07) is 17.0. The van der Waals surface area contributed by atoms with Gasteiger partial charge in [-0.3, -0.25) is 10.2 Å². The third-order valence-electron chi connectivity index (χ3n) is 5.20. The molecule has 0 radical (unpaired) electrons. The van der Waals surface area contributed by atoms with Crippen LogP contribution in [0, 0.1) is 22.7 Å². The summed E-state index contributed by atoms with van der Waals surface area (Å²) in [4.78, 5) is 18.8. The molecule has 6 nitrogen and oxygen atoms in total. The molecule has 3 N–H and O–H groups in total. The number of nitriles is 1. The summed E-state index contributed by atoms with van der Waals surface area (Å²) in [6.45, 7) is 7.54. The van der Waals surface area contributed by atoms with E-state index >= 15 is 0 Å². The molecule has 2 aromatic rings. The lowest BCUT2D eigenvalue weighted by Gasteiger charge is -2.40. The highest BCUT2D eigenvalue weighted by atomic mass is 16.2. The van der Waals surface area contributed by atoms with Gasteiger partial charge in [0.15, 0.2) is 0 Å². The minimum absolute atomic E-state index is 0.0642. The SMILES string of the molecule is C=C=CC[C@H]1C(=O)N(C=N)C(N)=N[C@]1(C=C)c1cccc(-c2cccc(C#N)c2)c1. The van der Waals surface area contributed by atoms with Crippen LogP contribution in [0.25, 0.3) is 11.1 Å². The van der Waals surface area contributed by atoms with E-state index < -0.39 is 11.5 Å². The van der Waals surface area contributed by atoms with Crippen LogP contribution in [-0.4, -0.2) is 23.1 Å². The topological polar surface area (TPSA) is 106 Å². The molecule has 0 fully saturated rings. The number of hydrogen-bond acceptors (Lipinski definition) is 5. The number of amides is 1. The molecule has 0 aliphatic carbocycles. The van der Waals surface area contributed by atoms with Crippen molar-refractivity contribution < 1.29 is 4.79 Å². The molecule has 0 saturated heterocycles. The zero-order valence-corrected chi connectivity index (χ0v) is 16.4. The quantitative estimate of drug-likeness (QED) is 0.337. The number of benzene rings is 2. The van der Waals surface area contributed by atoms with E-state index in [1.54, 1.807) is 24.3 Å². The number of carbonyl (C=O) groups is 1. The van der Waals surface area contributed by atoms with Gasteiger partial charge in [0.1, 0.15) is 5.54 Å². The average molecular weight is 395 g/mol. The van der Waals surface area contributed by atoms with Crippen LogP contribution in [0.5, 0.6) is 0 Å². The third-order valence-corrected chi connectivity index (χ3v) is 5.20. The van der Waals surface area contributed by atoms with Crippen molar-refractivity contribution in [3.63, 3.8) is 0 Å². The maximum Gasteiger partial charge on any atom is 0.241 e. The third kappa shape index (κ3) is 3.46. The van der Waals surface area contributed by atoms with Crippen LogP contribution in [0.1, 0.15) is 17.5 Å². The van der Waals surface area contributed by atoms with Crippen LogP contribution in [0.3, 0.4) is 0 Å². The lowest BCUT2D eigenvalue weighted by atomic mass is 9.74. The number of aliphatic imine (C=N–C) groups is 1. The molecule has 0 aromatic heterocycles. The maximum atomic E-state index is 13.1. The van der Waals surface area contributed by atoms with Gasteiger partial charge in [0.25, 0.3) is 0 Å². The van der Waals surface area contributed by atoms with E-state index in [1.165, 1.54) is 0 Å². The van der Waals surface area contributed by atoms with Gasteiger partial charge in [-0.05, 0) is 47.4 Å². The van der Waals surface area contributed by atoms with E-state index in [9.17, 15) is 10.1 Å². The monoisotopic (exact) mass is 395 g/mol. The molecule has 0 unspecified atom stereocenters. The van der Waals surface area contributed by atoms with Crippen LogP contribution < -0.4 is 5.73 Å². The van der Waals surface area contributed by atoms with Crippen LogP contribution in [0.2, 0.25) is 0 Å². The Hall–Kier alpha value is -4.20. The fraction of sp³-hybridized carbons (Fsp3) is 0.125. The lowest BCUT2D eigenvalue weighted by Crippen LogP contribution is -2.55. The van der Waals surface area contributed by atoms with Gasteiger partial charge >= 0.3 is 0 Å². The molecule has 1 aliphatic heterocycles. The number of hydrogen-bond donors (Lipinski definition) is 2. The predicted octanol–water partition coefficient (Wildman–Crippen LogP) is 3.72. The summed E-state index contributed by atoms with van der Waals surface area (Å²) in [7, 11) is 0. The number of allylic oxidation sites excluding steroid dienone is 1. The molecule has 0 saturated carbocycles. The molecule has 1 aliphatic rings. The minimum atomic E-state index is -1.11. The summed E-state index contributed by atoms with van der Waals surface area (Å²) in [5, 5.41) is 16.7. The largest absolute Gasteiger partial charge is 0.369 e. The molecule has 0 spiro atoms. The summed E-state index contributed by atoms with van der Waals surface area (Å²) >= 11 is 0. The highest BCUT2D eigenvalue weighted by Gasteiger charge is 2.47. The standard InChI is InChI=1S/C24H21N5O/c1-3-5-12-21-22(30)29(16-26)23(27)28-24(21,4-2)20-11-7-10-19(14-20)18-9-6-8-17(13-18)15-25/h4-11,13-14,16,21,26H,1-2,12H2,(H2,27,28)/t21-,24+/m0/s1. The number of guanidine groups is 1. The first kappa shape index (κ1) is 20.5. The van der Waals surface area contributed by atoms with E-state index in [0.717, 1.165) is 27.9 Å². The van der Waals surface area contributed by atoms with Gasteiger partial charge in [-0.25, -0.2) is 9.89 Å². The second kappa shape index (κ2) is 8.44. The van der Waals surface area contributed by atoms with Crippen LogP contribution in [0.4, 0.5) is 0 Å². The first-order valence-electron chi connectivity index (χ1n) is 9.28. The number of nitrogens with zero attached hydrogens (tertiary/aromatic N) is 3. The van der Waals surface area contributed by atoms with E-state index in [4.69, 9.17) is 11.1 Å². The van der Waals surface area contributed by atoms with Crippen LogP contribution in [-0.2, 0) is 10.3 Å². The van der Waals surface area contributed by atoms with Crippen molar-refractivity contribution in [3.8, 4) is 17.2 Å². The number of nitrogens with two attached hydrogens (primary N) is 1. The number of nitrogens with one attached hydrogen (secondary N) is 1. The summed E-state index contributed by atoms with van der Waals surface area (Å²) in [5.74, 6) is -1.08. The number of carbonyl (C=O) groups excluding carboxylic acids is 1. The second-order valence-corrected chi connectivity index (χ2v) is 6.81. The fourth-order valence-corrected chi connectivity index (χ4v) is 3.69. The first-order chi connectivity index (χ1) is 14.5. The lowest BCUT2D eigenvalue weighted by molar-refractivity contribution is -0.131. The molecule has 3 rings (SSSR count). The van der Waals surface area contributed by atoms with Crippen LogP contribution in [0.15, 0.2) is 84.6 Å². The zero-order valence-electron chi connectivity index (χ0n) is 16.4. The van der Waals surface area contributed by atoms with Crippen molar-refractivity contribution in [3.05, 3.63) is 90.7 Å².